The van der Waals surface area contributed by atoms with Gasteiger partial charge in [-0.1, -0.05) is 32.1 Å². The van der Waals surface area contributed by atoms with Crippen molar-refractivity contribution < 1.29 is 9.90 Å². The van der Waals surface area contributed by atoms with Crippen LogP contribution in [-0.2, 0) is 4.79 Å². The molecule has 0 amide bonds. The Morgan fingerprint density at radius 1 is 1.00 bits per heavy atom. The second-order valence-electron chi connectivity index (χ2n) is 5.00. The van der Waals surface area contributed by atoms with Gasteiger partial charge in [0.25, 0.3) is 0 Å². The van der Waals surface area contributed by atoms with E-state index in [9.17, 15) is 9.90 Å². The first-order chi connectivity index (χ1) is 6.76. The van der Waals surface area contributed by atoms with Crippen LogP contribution in [0.2, 0.25) is 0 Å². The molecule has 0 aliphatic heterocycles. The predicted molar refractivity (Wildman–Crippen MR) is 55.1 cm³/mol. The van der Waals surface area contributed by atoms with Gasteiger partial charge in [-0.3, -0.25) is 4.79 Å². The molecule has 2 nitrogen and oxygen atoms in total. The lowest BCUT2D eigenvalue weighted by atomic mass is 9.65. The number of carboxylic acids is 1. The summed E-state index contributed by atoms with van der Waals surface area (Å²) in [5.74, 6) is -0.0237. The van der Waals surface area contributed by atoms with Crippen LogP contribution in [0.4, 0.5) is 0 Å². The maximum Gasteiger partial charge on any atom is 0.309 e. The van der Waals surface area contributed by atoms with Gasteiger partial charge in [0.05, 0.1) is 5.41 Å². The molecule has 80 valence electrons. The Bertz CT molecular complexity index is 210. The highest BCUT2D eigenvalue weighted by Crippen LogP contribution is 2.49. The van der Waals surface area contributed by atoms with Crippen LogP contribution in [0.25, 0.3) is 0 Å². The standard InChI is InChI=1S/C12H20O2/c13-11(14)12(8-4-1-5-9-12)10-6-2-3-7-10/h10H,1-9H2,(H,13,14). The van der Waals surface area contributed by atoms with Crippen LogP contribution in [0.15, 0.2) is 0 Å². The van der Waals surface area contributed by atoms with Crippen molar-refractivity contribution in [3.8, 4) is 0 Å². The van der Waals surface area contributed by atoms with Crippen LogP contribution < -0.4 is 0 Å². The van der Waals surface area contributed by atoms with E-state index in [2.05, 4.69) is 0 Å². The Morgan fingerprint density at radius 3 is 2.07 bits per heavy atom. The van der Waals surface area contributed by atoms with Crippen LogP contribution in [0, 0.1) is 11.3 Å². The van der Waals surface area contributed by atoms with E-state index in [0.29, 0.717) is 5.92 Å². The summed E-state index contributed by atoms with van der Waals surface area (Å²) >= 11 is 0. The van der Waals surface area contributed by atoms with Crippen LogP contribution in [0.3, 0.4) is 0 Å². The summed E-state index contributed by atoms with van der Waals surface area (Å²) in [5, 5.41) is 9.45. The first-order valence-electron chi connectivity index (χ1n) is 5.99. The zero-order valence-corrected chi connectivity index (χ0v) is 8.80. The van der Waals surface area contributed by atoms with Crippen molar-refractivity contribution in [3.05, 3.63) is 0 Å². The second-order valence-corrected chi connectivity index (χ2v) is 5.00. The van der Waals surface area contributed by atoms with Crippen molar-refractivity contribution >= 4 is 5.97 Å². The molecular weight excluding hydrogens is 176 g/mol. The third-order valence-corrected chi connectivity index (χ3v) is 4.31. The first-order valence-corrected chi connectivity index (χ1v) is 5.99. The molecule has 1 N–H and O–H groups in total. The molecule has 0 heterocycles. The molecule has 0 radical (unpaired) electrons. The molecule has 2 fully saturated rings. The number of hydrogen-bond donors (Lipinski definition) is 1. The normalized spacial score (nSPS) is 27.7. The second kappa shape index (κ2) is 3.92. The molecule has 0 atom stereocenters. The Labute approximate surface area is 85.7 Å². The number of carbonyl (C=O) groups is 1. The molecule has 0 saturated heterocycles. The number of hydrogen-bond acceptors (Lipinski definition) is 1. The van der Waals surface area contributed by atoms with E-state index in [1.54, 1.807) is 0 Å². The summed E-state index contributed by atoms with van der Waals surface area (Å²) in [7, 11) is 0. The number of rotatable bonds is 2. The fourth-order valence-electron chi connectivity index (χ4n) is 3.46. The van der Waals surface area contributed by atoms with Crippen LogP contribution in [-0.4, -0.2) is 11.1 Å². The molecule has 2 heteroatoms. The molecule has 2 saturated carbocycles. The summed E-state index contributed by atoms with van der Waals surface area (Å²) < 4.78 is 0. The van der Waals surface area contributed by atoms with Crippen molar-refractivity contribution in [2.45, 2.75) is 57.8 Å². The molecule has 14 heavy (non-hydrogen) atoms. The summed E-state index contributed by atoms with van der Waals surface area (Å²) in [5.41, 5.74) is -0.325. The third kappa shape index (κ3) is 1.55. The van der Waals surface area contributed by atoms with Crippen LogP contribution in [0.1, 0.15) is 57.8 Å². The van der Waals surface area contributed by atoms with Gasteiger partial charge in [-0.05, 0) is 31.6 Å². The predicted octanol–water partition coefficient (Wildman–Crippen LogP) is 3.21. The average molecular weight is 196 g/mol. The van der Waals surface area contributed by atoms with Gasteiger partial charge in [0.15, 0.2) is 0 Å². The van der Waals surface area contributed by atoms with Crippen molar-refractivity contribution in [3.63, 3.8) is 0 Å². The van der Waals surface area contributed by atoms with E-state index < -0.39 is 5.97 Å². The maximum atomic E-state index is 11.5. The van der Waals surface area contributed by atoms with E-state index >= 15 is 0 Å². The van der Waals surface area contributed by atoms with Gasteiger partial charge in [0.2, 0.25) is 0 Å². The fraction of sp³-hybridized carbons (Fsp3) is 0.917. The lowest BCUT2D eigenvalue weighted by Gasteiger charge is -2.38. The van der Waals surface area contributed by atoms with Gasteiger partial charge in [-0.15, -0.1) is 0 Å². The smallest absolute Gasteiger partial charge is 0.309 e. The fourth-order valence-corrected chi connectivity index (χ4v) is 3.46. The van der Waals surface area contributed by atoms with Gasteiger partial charge in [-0.2, -0.15) is 0 Å². The SMILES string of the molecule is O=C(O)C1(C2CCCC2)CCCCC1. The molecule has 0 aromatic carbocycles. The Balaban J connectivity index is 2.15. The van der Waals surface area contributed by atoms with E-state index in [1.807, 2.05) is 0 Å². The van der Waals surface area contributed by atoms with Gasteiger partial charge in [-0.25, -0.2) is 0 Å². The summed E-state index contributed by atoms with van der Waals surface area (Å²) in [4.78, 5) is 11.5. The van der Waals surface area contributed by atoms with Crippen molar-refractivity contribution in [2.75, 3.05) is 0 Å². The summed E-state index contributed by atoms with van der Waals surface area (Å²) in [6.07, 6.45) is 10.2. The van der Waals surface area contributed by atoms with Crippen molar-refractivity contribution in [2.24, 2.45) is 11.3 Å². The summed E-state index contributed by atoms with van der Waals surface area (Å²) in [6, 6.07) is 0. The lowest BCUT2D eigenvalue weighted by Crippen LogP contribution is -2.39. The van der Waals surface area contributed by atoms with Crippen LogP contribution in [0.5, 0.6) is 0 Å². The van der Waals surface area contributed by atoms with E-state index in [0.717, 1.165) is 38.5 Å². The molecule has 2 rings (SSSR count). The average Bonchev–Trinajstić information content (AvgIpc) is 2.72. The minimum absolute atomic E-state index is 0.325. The Hall–Kier alpha value is -0.530. The quantitative estimate of drug-likeness (QED) is 0.736. The highest BCUT2D eigenvalue weighted by atomic mass is 16.4. The Morgan fingerprint density at radius 2 is 1.57 bits per heavy atom. The van der Waals surface area contributed by atoms with Gasteiger partial charge in [0.1, 0.15) is 0 Å². The first kappa shape index (κ1) is 10.0. The molecular formula is C12H20O2. The maximum absolute atomic E-state index is 11.5. The molecule has 0 aromatic rings. The molecule has 2 aliphatic carbocycles. The largest absolute Gasteiger partial charge is 0.481 e. The highest BCUT2D eigenvalue weighted by molar-refractivity contribution is 5.75. The zero-order valence-electron chi connectivity index (χ0n) is 8.80. The molecule has 0 bridgehead atoms. The van der Waals surface area contributed by atoms with E-state index in [4.69, 9.17) is 0 Å². The highest BCUT2D eigenvalue weighted by Gasteiger charge is 2.46. The van der Waals surface area contributed by atoms with Gasteiger partial charge < -0.3 is 5.11 Å². The molecule has 0 spiro atoms. The van der Waals surface area contributed by atoms with Gasteiger partial charge >= 0.3 is 5.97 Å². The van der Waals surface area contributed by atoms with Crippen LogP contribution >= 0.6 is 0 Å². The molecule has 0 aromatic heterocycles. The lowest BCUT2D eigenvalue weighted by molar-refractivity contribution is -0.155. The molecule has 0 unspecified atom stereocenters. The molecule has 2 aliphatic rings. The van der Waals surface area contributed by atoms with E-state index in [-0.39, 0.29) is 5.41 Å². The van der Waals surface area contributed by atoms with Crippen molar-refractivity contribution in [1.29, 1.82) is 0 Å². The third-order valence-electron chi connectivity index (χ3n) is 4.31. The monoisotopic (exact) mass is 196 g/mol. The number of aliphatic carboxylic acids is 1. The topological polar surface area (TPSA) is 37.3 Å². The van der Waals surface area contributed by atoms with Crippen molar-refractivity contribution in [1.82, 2.24) is 0 Å². The summed E-state index contributed by atoms with van der Waals surface area (Å²) in [6.45, 7) is 0. The van der Waals surface area contributed by atoms with Gasteiger partial charge in [0, 0.05) is 0 Å². The zero-order chi connectivity index (χ0) is 10.0. The minimum Gasteiger partial charge on any atom is -0.481 e. The van der Waals surface area contributed by atoms with E-state index in [1.165, 1.54) is 19.3 Å². The minimum atomic E-state index is -0.510. The Kier molecular flexibility index (Phi) is 2.80. The number of carboxylic acid groups (broad SMARTS) is 1.